The van der Waals surface area contributed by atoms with Crippen LogP contribution in [0.25, 0.3) is 10.9 Å². The summed E-state index contributed by atoms with van der Waals surface area (Å²) in [7, 11) is 0. The Morgan fingerprint density at radius 3 is 2.90 bits per heavy atom. The summed E-state index contributed by atoms with van der Waals surface area (Å²) in [5.74, 6) is 0.582. The Morgan fingerprint density at radius 1 is 1.15 bits per heavy atom. The summed E-state index contributed by atoms with van der Waals surface area (Å²) in [6.45, 7) is 0. The first kappa shape index (κ1) is 11.9. The summed E-state index contributed by atoms with van der Waals surface area (Å²) in [5, 5.41) is 13.1. The van der Waals surface area contributed by atoms with Crippen LogP contribution in [0.15, 0.2) is 48.7 Å². The van der Waals surface area contributed by atoms with Gasteiger partial charge >= 0.3 is 0 Å². The Morgan fingerprint density at radius 2 is 2.05 bits per heavy atom. The number of nitrogen functional groups attached to an aromatic ring is 1. The van der Waals surface area contributed by atoms with E-state index in [9.17, 15) is 0 Å². The molecule has 3 N–H and O–H groups in total. The summed E-state index contributed by atoms with van der Waals surface area (Å²) in [4.78, 5) is 8.42. The highest BCUT2D eigenvalue weighted by Crippen LogP contribution is 2.21. The highest BCUT2D eigenvalue weighted by atomic mass is 15.0. The van der Waals surface area contributed by atoms with Crippen LogP contribution < -0.4 is 11.1 Å². The predicted molar refractivity (Wildman–Crippen MR) is 78.4 cm³/mol. The largest absolute Gasteiger partial charge is 0.396 e. The second kappa shape index (κ2) is 4.86. The zero-order valence-electron chi connectivity index (χ0n) is 10.5. The van der Waals surface area contributed by atoms with Gasteiger partial charge in [-0.25, -0.2) is 4.98 Å². The number of nitrogens with one attached hydrogen (secondary N) is 1. The SMILES string of the molecule is N#Cc1nc(Nc2ccc3ncccc3c2)ccc1N. The van der Waals surface area contributed by atoms with Crippen LogP contribution in [-0.2, 0) is 0 Å². The van der Waals surface area contributed by atoms with Gasteiger partial charge in [0.2, 0.25) is 0 Å². The fourth-order valence-corrected chi connectivity index (χ4v) is 1.93. The lowest BCUT2D eigenvalue weighted by Crippen LogP contribution is -1.99. The number of aromatic nitrogens is 2. The number of hydrogen-bond donors (Lipinski definition) is 2. The molecule has 0 aliphatic rings. The van der Waals surface area contributed by atoms with E-state index >= 15 is 0 Å². The fourth-order valence-electron chi connectivity index (χ4n) is 1.93. The van der Waals surface area contributed by atoms with Crippen molar-refractivity contribution in [2.75, 3.05) is 11.1 Å². The molecule has 0 fully saturated rings. The van der Waals surface area contributed by atoms with Crippen molar-refractivity contribution in [1.82, 2.24) is 9.97 Å². The number of nitrogens with zero attached hydrogens (tertiary/aromatic N) is 3. The quantitative estimate of drug-likeness (QED) is 0.740. The number of pyridine rings is 2. The number of nitrogens with two attached hydrogens (primary N) is 1. The molecule has 3 aromatic rings. The third kappa shape index (κ3) is 2.22. The molecular weight excluding hydrogens is 250 g/mol. The van der Waals surface area contributed by atoms with Gasteiger partial charge in [0.25, 0.3) is 0 Å². The summed E-state index contributed by atoms with van der Waals surface area (Å²) >= 11 is 0. The van der Waals surface area contributed by atoms with Crippen molar-refractivity contribution >= 4 is 28.1 Å². The van der Waals surface area contributed by atoms with Gasteiger partial charge in [0.05, 0.1) is 11.2 Å². The Labute approximate surface area is 115 Å². The molecule has 5 nitrogen and oxygen atoms in total. The molecule has 5 heteroatoms. The molecule has 0 aliphatic carbocycles. The smallest absolute Gasteiger partial charge is 0.165 e. The Balaban J connectivity index is 1.95. The lowest BCUT2D eigenvalue weighted by atomic mass is 10.2. The molecule has 0 aliphatic heterocycles. The van der Waals surface area contributed by atoms with E-state index in [1.54, 1.807) is 18.3 Å². The molecule has 2 heterocycles. The molecule has 20 heavy (non-hydrogen) atoms. The number of hydrogen-bond acceptors (Lipinski definition) is 5. The van der Waals surface area contributed by atoms with E-state index < -0.39 is 0 Å². The van der Waals surface area contributed by atoms with E-state index in [1.165, 1.54) is 0 Å². The predicted octanol–water partition coefficient (Wildman–Crippen LogP) is 2.83. The number of fused-ring (bicyclic) bond motifs is 1. The molecule has 0 amide bonds. The van der Waals surface area contributed by atoms with Gasteiger partial charge in [0.15, 0.2) is 5.69 Å². The van der Waals surface area contributed by atoms with Crippen molar-refractivity contribution in [3.05, 3.63) is 54.4 Å². The van der Waals surface area contributed by atoms with Crippen molar-refractivity contribution in [3.63, 3.8) is 0 Å². The summed E-state index contributed by atoms with van der Waals surface area (Å²) in [5.41, 5.74) is 8.05. The minimum atomic E-state index is 0.220. The third-order valence-corrected chi connectivity index (χ3v) is 2.91. The van der Waals surface area contributed by atoms with Gasteiger partial charge in [0, 0.05) is 17.3 Å². The monoisotopic (exact) mass is 261 g/mol. The van der Waals surface area contributed by atoms with Crippen LogP contribution in [0.3, 0.4) is 0 Å². The van der Waals surface area contributed by atoms with Crippen LogP contribution in [0.1, 0.15) is 5.69 Å². The zero-order chi connectivity index (χ0) is 13.9. The van der Waals surface area contributed by atoms with Gasteiger partial charge in [-0.05, 0) is 36.4 Å². The van der Waals surface area contributed by atoms with Crippen LogP contribution in [0.5, 0.6) is 0 Å². The molecular formula is C15H11N5. The fraction of sp³-hybridized carbons (Fsp3) is 0. The van der Waals surface area contributed by atoms with E-state index in [1.807, 2.05) is 36.4 Å². The highest BCUT2D eigenvalue weighted by molar-refractivity contribution is 5.83. The lowest BCUT2D eigenvalue weighted by molar-refractivity contribution is 1.26. The third-order valence-electron chi connectivity index (χ3n) is 2.91. The normalized spacial score (nSPS) is 10.2. The van der Waals surface area contributed by atoms with Crippen molar-refractivity contribution in [1.29, 1.82) is 5.26 Å². The van der Waals surface area contributed by atoms with Crippen LogP contribution in [0.4, 0.5) is 17.2 Å². The Bertz CT molecular complexity index is 820. The van der Waals surface area contributed by atoms with Crippen molar-refractivity contribution in [2.24, 2.45) is 0 Å². The van der Waals surface area contributed by atoms with Crippen molar-refractivity contribution in [3.8, 4) is 6.07 Å². The molecule has 3 rings (SSSR count). The van der Waals surface area contributed by atoms with E-state index in [2.05, 4.69) is 15.3 Å². The maximum atomic E-state index is 8.92. The average molecular weight is 261 g/mol. The van der Waals surface area contributed by atoms with Gasteiger partial charge in [-0.3, -0.25) is 4.98 Å². The topological polar surface area (TPSA) is 87.6 Å². The maximum Gasteiger partial charge on any atom is 0.165 e. The second-order valence-electron chi connectivity index (χ2n) is 4.28. The van der Waals surface area contributed by atoms with Crippen LogP contribution in [0, 0.1) is 11.3 Å². The zero-order valence-corrected chi connectivity index (χ0v) is 10.5. The summed E-state index contributed by atoms with van der Waals surface area (Å²) in [6.07, 6.45) is 1.76. The van der Waals surface area contributed by atoms with E-state index in [0.717, 1.165) is 16.6 Å². The minimum absolute atomic E-state index is 0.220. The Hall–Kier alpha value is -3.13. The van der Waals surface area contributed by atoms with Crippen LogP contribution in [0.2, 0.25) is 0 Å². The van der Waals surface area contributed by atoms with Gasteiger partial charge in [-0.15, -0.1) is 0 Å². The average Bonchev–Trinajstić information content (AvgIpc) is 2.49. The highest BCUT2D eigenvalue weighted by Gasteiger charge is 2.03. The lowest BCUT2D eigenvalue weighted by Gasteiger charge is -2.07. The first-order chi connectivity index (χ1) is 9.76. The molecule has 2 aromatic heterocycles. The van der Waals surface area contributed by atoms with E-state index in [0.29, 0.717) is 11.5 Å². The number of benzene rings is 1. The second-order valence-corrected chi connectivity index (χ2v) is 4.28. The molecule has 0 saturated heterocycles. The minimum Gasteiger partial charge on any atom is -0.396 e. The molecule has 96 valence electrons. The molecule has 1 aromatic carbocycles. The van der Waals surface area contributed by atoms with Gasteiger partial charge < -0.3 is 11.1 Å². The van der Waals surface area contributed by atoms with Crippen molar-refractivity contribution < 1.29 is 0 Å². The van der Waals surface area contributed by atoms with E-state index in [4.69, 9.17) is 11.0 Å². The number of rotatable bonds is 2. The summed E-state index contributed by atoms with van der Waals surface area (Å²) in [6, 6.07) is 15.1. The number of nitriles is 1. The van der Waals surface area contributed by atoms with Crippen molar-refractivity contribution in [2.45, 2.75) is 0 Å². The summed E-state index contributed by atoms with van der Waals surface area (Å²) < 4.78 is 0. The molecule has 0 atom stereocenters. The van der Waals surface area contributed by atoms with Crippen LogP contribution >= 0.6 is 0 Å². The molecule has 0 unspecified atom stereocenters. The molecule has 0 radical (unpaired) electrons. The van der Waals surface area contributed by atoms with Crippen LogP contribution in [-0.4, -0.2) is 9.97 Å². The molecule has 0 spiro atoms. The number of anilines is 3. The molecule has 0 bridgehead atoms. The van der Waals surface area contributed by atoms with Gasteiger partial charge in [-0.1, -0.05) is 6.07 Å². The first-order valence-corrected chi connectivity index (χ1v) is 6.05. The Kier molecular flexibility index (Phi) is 2.90. The van der Waals surface area contributed by atoms with Gasteiger partial charge in [0.1, 0.15) is 11.9 Å². The maximum absolute atomic E-state index is 8.92. The van der Waals surface area contributed by atoms with E-state index in [-0.39, 0.29) is 5.69 Å². The first-order valence-electron chi connectivity index (χ1n) is 6.05. The standard InChI is InChI=1S/C15H11N5/c16-9-14-12(17)4-6-15(20-14)19-11-3-5-13-10(8-11)2-1-7-18-13/h1-8H,17H2,(H,19,20). The molecule has 0 saturated carbocycles. The van der Waals surface area contributed by atoms with Gasteiger partial charge in [-0.2, -0.15) is 5.26 Å².